The Hall–Kier alpha value is -1.93. The summed E-state index contributed by atoms with van der Waals surface area (Å²) in [6, 6.07) is 0. The maximum Gasteiger partial charge on any atom is 0.306 e. The second-order valence-electron chi connectivity index (χ2n) is 17.3. The van der Waals surface area contributed by atoms with Crippen molar-refractivity contribution in [3.63, 3.8) is 0 Å². The number of allylic oxidation sites excluding steroid dienone is 4. The monoisotopic (exact) mass is 874 g/mol. The fourth-order valence-corrected chi connectivity index (χ4v) is 7.42. The number of esters is 2. The minimum atomic E-state index is -4.70. The first kappa shape index (κ1) is 56.1. The highest BCUT2D eigenvalue weighted by atomic mass is 31.2. The Labute approximate surface area is 363 Å². The molecule has 3 N–H and O–H groups in total. The molecule has 1 aliphatic heterocycles. The van der Waals surface area contributed by atoms with Crippen molar-refractivity contribution >= 4 is 19.8 Å². The summed E-state index contributed by atoms with van der Waals surface area (Å²) in [5, 5.41) is 31.0. The SMILES string of the molecule is CCCCCC/C=C\CCCCCCCCCC(=O)OC[C@H](COP(=O)([O-])OCC[N+](C)(C)C)OC(=O)CCC/C=C\C[C@H]1[C@@H](O)CC(O)O[C@@H]1/C=C/[C@@H](O)CCCCC. The summed E-state index contributed by atoms with van der Waals surface area (Å²) in [6.45, 7) is 3.78. The molecule has 7 atom stereocenters. The smallest absolute Gasteiger partial charge is 0.306 e. The normalized spacial score (nSPS) is 20.8. The van der Waals surface area contributed by atoms with E-state index in [4.69, 9.17) is 23.3 Å². The second-order valence-corrected chi connectivity index (χ2v) is 18.7. The highest BCUT2D eigenvalue weighted by Gasteiger charge is 2.35. The van der Waals surface area contributed by atoms with E-state index in [1.165, 1.54) is 51.4 Å². The second kappa shape index (κ2) is 34.5. The summed E-state index contributed by atoms with van der Waals surface area (Å²) < 4.78 is 39.5. The van der Waals surface area contributed by atoms with Crippen LogP contribution in [0.2, 0.25) is 0 Å². The Bertz CT molecular complexity index is 1240. The first-order chi connectivity index (χ1) is 28.7. The molecule has 1 heterocycles. The minimum absolute atomic E-state index is 0.0300. The molecule has 0 bridgehead atoms. The van der Waals surface area contributed by atoms with Crippen LogP contribution >= 0.6 is 7.82 Å². The van der Waals surface area contributed by atoms with Gasteiger partial charge in [-0.1, -0.05) is 121 Å². The van der Waals surface area contributed by atoms with E-state index in [0.29, 0.717) is 43.1 Å². The van der Waals surface area contributed by atoms with Gasteiger partial charge in [0.25, 0.3) is 7.82 Å². The third kappa shape index (κ3) is 31.8. The molecule has 0 aromatic carbocycles. The van der Waals surface area contributed by atoms with Crippen LogP contribution in [-0.2, 0) is 37.4 Å². The van der Waals surface area contributed by atoms with Gasteiger partial charge in [-0.2, -0.15) is 0 Å². The molecule has 14 heteroatoms. The number of nitrogens with zero attached hydrogens (tertiary/aromatic N) is 1. The van der Waals surface area contributed by atoms with Crippen molar-refractivity contribution in [1.29, 1.82) is 0 Å². The highest BCUT2D eigenvalue weighted by molar-refractivity contribution is 7.45. The standard InChI is InChI=1S/C46H84NO12P/c1-6-8-10-11-12-13-14-15-16-17-18-19-20-21-26-30-44(50)55-37-40(38-57-60(53,54)56-35-34-47(3,4)5)58-45(51)31-27-23-22-25-29-41-42(49)36-46(52)59-43(41)33-32-39(48)28-24-9-7-2/h13-14,22,25,32-33,39-43,46,48-49,52H,6-12,15-21,23-24,26-31,34-38H2,1-5H3/b14-13-,25-22-,33-32+/t39-,40+,41-,42-,43+,46?/m0/s1. The number of carbonyl (C=O) groups excluding carboxylic acids is 2. The van der Waals surface area contributed by atoms with Crippen molar-refractivity contribution in [2.45, 2.75) is 192 Å². The number of phosphoric acid groups is 1. The van der Waals surface area contributed by atoms with Crippen LogP contribution in [0.1, 0.15) is 162 Å². The fourth-order valence-electron chi connectivity index (χ4n) is 6.69. The number of hydrogen-bond acceptors (Lipinski definition) is 12. The summed E-state index contributed by atoms with van der Waals surface area (Å²) in [7, 11) is 0.994. The van der Waals surface area contributed by atoms with Gasteiger partial charge < -0.3 is 48.0 Å². The van der Waals surface area contributed by atoms with Crippen molar-refractivity contribution in [1.82, 2.24) is 0 Å². The van der Waals surface area contributed by atoms with Crippen LogP contribution in [0.25, 0.3) is 0 Å². The van der Waals surface area contributed by atoms with E-state index in [1.807, 2.05) is 33.3 Å². The van der Waals surface area contributed by atoms with Crippen LogP contribution < -0.4 is 4.89 Å². The molecule has 1 aliphatic rings. The van der Waals surface area contributed by atoms with Gasteiger partial charge in [0, 0.05) is 25.2 Å². The van der Waals surface area contributed by atoms with Crippen LogP contribution in [0.3, 0.4) is 0 Å². The van der Waals surface area contributed by atoms with Crippen molar-refractivity contribution in [3.05, 3.63) is 36.5 Å². The summed E-state index contributed by atoms with van der Waals surface area (Å²) >= 11 is 0. The zero-order valence-corrected chi connectivity index (χ0v) is 38.8. The Morgan fingerprint density at radius 3 is 2.03 bits per heavy atom. The van der Waals surface area contributed by atoms with Gasteiger partial charge in [-0.3, -0.25) is 14.2 Å². The predicted octanol–water partition coefficient (Wildman–Crippen LogP) is 8.39. The Kier molecular flexibility index (Phi) is 32.3. The number of hydrogen-bond donors (Lipinski definition) is 3. The van der Waals surface area contributed by atoms with Crippen molar-refractivity contribution < 1.29 is 62.1 Å². The molecule has 0 aromatic heterocycles. The largest absolute Gasteiger partial charge is 0.756 e. The van der Waals surface area contributed by atoms with Gasteiger partial charge in [0.2, 0.25) is 0 Å². The number of aliphatic hydroxyl groups excluding tert-OH is 3. The van der Waals surface area contributed by atoms with Gasteiger partial charge in [0.1, 0.15) is 19.8 Å². The molecule has 0 radical (unpaired) electrons. The van der Waals surface area contributed by atoms with Gasteiger partial charge in [-0.15, -0.1) is 0 Å². The Morgan fingerprint density at radius 1 is 0.783 bits per heavy atom. The summed E-state index contributed by atoms with van der Waals surface area (Å²) in [4.78, 5) is 37.8. The molecule has 0 aromatic rings. The van der Waals surface area contributed by atoms with E-state index < -0.39 is 57.1 Å². The molecule has 1 rings (SSSR count). The molecule has 1 fully saturated rings. The van der Waals surface area contributed by atoms with Crippen LogP contribution in [0, 0.1) is 5.92 Å². The number of ether oxygens (including phenoxy) is 3. The van der Waals surface area contributed by atoms with Gasteiger partial charge >= 0.3 is 11.9 Å². The van der Waals surface area contributed by atoms with E-state index in [-0.39, 0.29) is 38.4 Å². The number of unbranched alkanes of at least 4 members (excludes halogenated alkanes) is 14. The highest BCUT2D eigenvalue weighted by Crippen LogP contribution is 2.38. The van der Waals surface area contributed by atoms with Crippen LogP contribution in [0.15, 0.2) is 36.5 Å². The van der Waals surface area contributed by atoms with Crippen molar-refractivity contribution in [2.24, 2.45) is 5.92 Å². The lowest BCUT2D eigenvalue weighted by Crippen LogP contribution is -2.43. The van der Waals surface area contributed by atoms with E-state index in [1.54, 1.807) is 12.2 Å². The maximum atomic E-state index is 12.8. The Morgan fingerprint density at radius 2 is 1.37 bits per heavy atom. The molecule has 2 unspecified atom stereocenters. The quantitative estimate of drug-likeness (QED) is 0.0179. The lowest BCUT2D eigenvalue weighted by Gasteiger charge is -2.36. The number of rotatable bonds is 37. The van der Waals surface area contributed by atoms with E-state index in [0.717, 1.165) is 44.9 Å². The van der Waals surface area contributed by atoms with E-state index in [2.05, 4.69) is 26.0 Å². The van der Waals surface area contributed by atoms with Crippen LogP contribution in [0.5, 0.6) is 0 Å². The summed E-state index contributed by atoms with van der Waals surface area (Å²) in [6.07, 6.45) is 27.9. The number of carbonyl (C=O) groups is 2. The number of quaternary nitrogens is 1. The third-order valence-electron chi connectivity index (χ3n) is 10.4. The van der Waals surface area contributed by atoms with Gasteiger partial charge in [0.05, 0.1) is 46.1 Å². The minimum Gasteiger partial charge on any atom is -0.756 e. The predicted molar refractivity (Wildman–Crippen MR) is 235 cm³/mol. The summed E-state index contributed by atoms with van der Waals surface area (Å²) in [5.41, 5.74) is 0. The molecule has 1 saturated heterocycles. The number of phosphoric ester groups is 1. The average Bonchev–Trinajstić information content (AvgIpc) is 3.18. The molecule has 0 aliphatic carbocycles. The third-order valence-corrected chi connectivity index (χ3v) is 11.4. The van der Waals surface area contributed by atoms with Crippen molar-refractivity contribution in [2.75, 3.05) is 47.5 Å². The zero-order valence-electron chi connectivity index (χ0n) is 37.9. The van der Waals surface area contributed by atoms with Crippen molar-refractivity contribution in [3.8, 4) is 0 Å². The van der Waals surface area contributed by atoms with E-state index >= 15 is 0 Å². The molecule has 0 amide bonds. The molecular formula is C46H84NO12P. The lowest BCUT2D eigenvalue weighted by molar-refractivity contribution is -0.870. The lowest BCUT2D eigenvalue weighted by atomic mass is 9.87. The number of likely N-dealkylation sites (N-methyl/N-ethyl adjacent to an activating group) is 1. The first-order valence-corrected chi connectivity index (χ1v) is 24.6. The summed E-state index contributed by atoms with van der Waals surface area (Å²) in [5.74, 6) is -1.36. The fraction of sp³-hybridized carbons (Fsp3) is 0.826. The zero-order chi connectivity index (χ0) is 44.5. The first-order valence-electron chi connectivity index (χ1n) is 23.1. The topological polar surface area (TPSA) is 181 Å². The van der Waals surface area contributed by atoms with Gasteiger partial charge in [0.15, 0.2) is 12.4 Å². The number of aliphatic hydroxyl groups is 3. The van der Waals surface area contributed by atoms with Gasteiger partial charge in [-0.25, -0.2) is 0 Å². The van der Waals surface area contributed by atoms with Gasteiger partial charge in [-0.05, 0) is 57.8 Å². The van der Waals surface area contributed by atoms with Crippen LogP contribution in [0.4, 0.5) is 0 Å². The molecule has 350 valence electrons. The van der Waals surface area contributed by atoms with Crippen LogP contribution in [-0.4, -0.2) is 110 Å². The molecule has 60 heavy (non-hydrogen) atoms. The molecule has 13 nitrogen and oxygen atoms in total. The molecule has 0 spiro atoms. The average molecular weight is 874 g/mol. The molecular weight excluding hydrogens is 789 g/mol. The Balaban J connectivity index is 2.53. The molecule has 0 saturated carbocycles. The maximum absolute atomic E-state index is 12.8. The van der Waals surface area contributed by atoms with E-state index in [9.17, 15) is 34.4 Å².